The fourth-order valence-corrected chi connectivity index (χ4v) is 2.93. The monoisotopic (exact) mass is 347 g/mol. The summed E-state index contributed by atoms with van der Waals surface area (Å²) < 4.78 is 41.6. The van der Waals surface area contributed by atoms with Gasteiger partial charge in [-0.2, -0.15) is 5.10 Å². The van der Waals surface area contributed by atoms with Crippen molar-refractivity contribution in [1.82, 2.24) is 0 Å². The smallest absolute Gasteiger partial charge is 0.151 e. The molecule has 3 rings (SSSR count). The van der Waals surface area contributed by atoms with Gasteiger partial charge in [0.2, 0.25) is 0 Å². The van der Waals surface area contributed by atoms with Gasteiger partial charge < -0.3 is 4.90 Å². The molecule has 1 N–H and O–H groups in total. The minimum atomic E-state index is -0.733. The maximum atomic E-state index is 14.4. The molecule has 0 unspecified atom stereocenters. The third kappa shape index (κ3) is 3.95. The fraction of sp³-hybridized carbons (Fsp3) is 0.316. The molecule has 0 spiro atoms. The Morgan fingerprint density at radius 3 is 2.28 bits per heavy atom. The van der Waals surface area contributed by atoms with E-state index in [0.717, 1.165) is 38.1 Å². The van der Waals surface area contributed by atoms with Crippen molar-refractivity contribution >= 4 is 17.1 Å². The van der Waals surface area contributed by atoms with E-state index in [-0.39, 0.29) is 11.5 Å². The Labute approximate surface area is 145 Å². The van der Waals surface area contributed by atoms with Crippen LogP contribution < -0.4 is 10.3 Å². The maximum Gasteiger partial charge on any atom is 0.151 e. The highest BCUT2D eigenvalue weighted by Crippen LogP contribution is 2.24. The van der Waals surface area contributed by atoms with E-state index in [0.29, 0.717) is 17.0 Å². The zero-order valence-corrected chi connectivity index (χ0v) is 14.0. The average Bonchev–Trinajstić information content (AvgIpc) is 2.61. The van der Waals surface area contributed by atoms with Crippen molar-refractivity contribution in [2.45, 2.75) is 26.2 Å². The van der Waals surface area contributed by atoms with E-state index in [4.69, 9.17) is 0 Å². The normalized spacial score (nSPS) is 15.4. The first-order valence-electron chi connectivity index (χ1n) is 8.35. The van der Waals surface area contributed by atoms with E-state index in [2.05, 4.69) is 10.5 Å². The quantitative estimate of drug-likeness (QED) is 0.627. The van der Waals surface area contributed by atoms with E-state index in [1.54, 1.807) is 19.1 Å². The second-order valence-electron chi connectivity index (χ2n) is 6.12. The first kappa shape index (κ1) is 17.3. The Hall–Kier alpha value is -2.50. The number of hydrogen-bond acceptors (Lipinski definition) is 3. The molecule has 1 aliphatic heterocycles. The molecule has 3 nitrogen and oxygen atoms in total. The van der Waals surface area contributed by atoms with Crippen LogP contribution in [-0.4, -0.2) is 18.8 Å². The van der Waals surface area contributed by atoms with Crippen LogP contribution in [0.2, 0.25) is 0 Å². The molecule has 0 bridgehead atoms. The molecule has 0 aromatic heterocycles. The fourth-order valence-electron chi connectivity index (χ4n) is 2.93. The largest absolute Gasteiger partial charge is 0.369 e. The number of para-hydroxylation sites is 1. The van der Waals surface area contributed by atoms with Crippen molar-refractivity contribution < 1.29 is 13.2 Å². The average molecular weight is 347 g/mol. The molecule has 6 heteroatoms. The lowest BCUT2D eigenvalue weighted by Crippen LogP contribution is -2.30. The van der Waals surface area contributed by atoms with Gasteiger partial charge in [-0.15, -0.1) is 0 Å². The second kappa shape index (κ2) is 7.59. The van der Waals surface area contributed by atoms with Crippen molar-refractivity contribution in [1.29, 1.82) is 0 Å². The number of anilines is 2. The first-order valence-corrected chi connectivity index (χ1v) is 8.35. The van der Waals surface area contributed by atoms with Gasteiger partial charge in [-0.1, -0.05) is 12.1 Å². The summed E-state index contributed by atoms with van der Waals surface area (Å²) in [5.74, 6) is -1.78. The molecule has 1 heterocycles. The number of hydrazone groups is 1. The van der Waals surface area contributed by atoms with Crippen LogP contribution >= 0.6 is 0 Å². The third-order valence-corrected chi connectivity index (χ3v) is 4.36. The van der Waals surface area contributed by atoms with Crippen LogP contribution in [0.3, 0.4) is 0 Å². The molecule has 0 atom stereocenters. The van der Waals surface area contributed by atoms with Crippen molar-refractivity contribution in [3.63, 3.8) is 0 Å². The van der Waals surface area contributed by atoms with Crippen molar-refractivity contribution in [2.75, 3.05) is 23.4 Å². The zero-order chi connectivity index (χ0) is 17.8. The van der Waals surface area contributed by atoms with E-state index in [1.165, 1.54) is 18.6 Å². The van der Waals surface area contributed by atoms with E-state index >= 15 is 0 Å². The van der Waals surface area contributed by atoms with Gasteiger partial charge in [0, 0.05) is 18.7 Å². The molecule has 0 amide bonds. The molecule has 2 aromatic carbocycles. The third-order valence-electron chi connectivity index (χ3n) is 4.36. The minimum Gasteiger partial charge on any atom is -0.369 e. The SMILES string of the molecule is C/C(=N/Nc1c(F)cccc1F)c1ccc(N2CCCCC2)c(F)c1. The molecule has 0 saturated carbocycles. The molecular weight excluding hydrogens is 327 g/mol. The number of nitrogens with zero attached hydrogens (tertiary/aromatic N) is 2. The summed E-state index contributed by atoms with van der Waals surface area (Å²) in [5.41, 5.74) is 3.64. The highest BCUT2D eigenvalue weighted by atomic mass is 19.1. The van der Waals surface area contributed by atoms with Gasteiger partial charge in [-0.05, 0) is 50.5 Å². The highest BCUT2D eigenvalue weighted by molar-refractivity contribution is 5.99. The number of benzene rings is 2. The van der Waals surface area contributed by atoms with Crippen LogP contribution in [0, 0.1) is 17.5 Å². The standard InChI is InChI=1S/C19H20F3N3/c1-13(23-24-19-15(20)6-5-7-16(19)21)14-8-9-18(17(22)12-14)25-10-3-2-4-11-25/h5-9,12,24H,2-4,10-11H2,1H3/b23-13-. The lowest BCUT2D eigenvalue weighted by molar-refractivity contribution is 0.557. The molecule has 0 aliphatic carbocycles. The molecule has 1 aliphatic rings. The molecule has 2 aromatic rings. The number of piperidine rings is 1. The molecule has 0 radical (unpaired) electrons. The molecule has 25 heavy (non-hydrogen) atoms. The van der Waals surface area contributed by atoms with Crippen LogP contribution in [0.25, 0.3) is 0 Å². The van der Waals surface area contributed by atoms with Crippen LogP contribution in [0.4, 0.5) is 24.5 Å². The van der Waals surface area contributed by atoms with Gasteiger partial charge in [0.05, 0.1) is 11.4 Å². The topological polar surface area (TPSA) is 27.6 Å². The van der Waals surface area contributed by atoms with Crippen LogP contribution in [-0.2, 0) is 0 Å². The van der Waals surface area contributed by atoms with Crippen LogP contribution in [0.15, 0.2) is 41.5 Å². The first-order chi connectivity index (χ1) is 12.1. The Kier molecular flexibility index (Phi) is 5.26. The van der Waals surface area contributed by atoms with Crippen LogP contribution in [0.5, 0.6) is 0 Å². The summed E-state index contributed by atoms with van der Waals surface area (Å²) in [6.07, 6.45) is 3.32. The maximum absolute atomic E-state index is 14.4. The van der Waals surface area contributed by atoms with Gasteiger partial charge in [0.1, 0.15) is 11.5 Å². The van der Waals surface area contributed by atoms with Crippen molar-refractivity contribution in [2.24, 2.45) is 5.10 Å². The van der Waals surface area contributed by atoms with Gasteiger partial charge in [0.15, 0.2) is 11.6 Å². The summed E-state index contributed by atoms with van der Waals surface area (Å²) in [7, 11) is 0. The lowest BCUT2D eigenvalue weighted by atomic mass is 10.1. The summed E-state index contributed by atoms with van der Waals surface area (Å²) in [5, 5.41) is 3.98. The van der Waals surface area contributed by atoms with Crippen LogP contribution in [0.1, 0.15) is 31.7 Å². The van der Waals surface area contributed by atoms with Gasteiger partial charge in [0.25, 0.3) is 0 Å². The van der Waals surface area contributed by atoms with Gasteiger partial charge >= 0.3 is 0 Å². The lowest BCUT2D eigenvalue weighted by Gasteiger charge is -2.29. The zero-order valence-electron chi connectivity index (χ0n) is 14.0. The van der Waals surface area contributed by atoms with Gasteiger partial charge in [-0.25, -0.2) is 13.2 Å². The van der Waals surface area contributed by atoms with Gasteiger partial charge in [-0.3, -0.25) is 5.43 Å². The van der Waals surface area contributed by atoms with Crippen molar-refractivity contribution in [3.8, 4) is 0 Å². The van der Waals surface area contributed by atoms with E-state index < -0.39 is 11.6 Å². The Balaban J connectivity index is 1.78. The predicted octanol–water partition coefficient (Wildman–Crippen LogP) is 4.93. The highest BCUT2D eigenvalue weighted by Gasteiger charge is 2.15. The minimum absolute atomic E-state index is 0.314. The molecule has 1 fully saturated rings. The predicted molar refractivity (Wildman–Crippen MR) is 94.7 cm³/mol. The second-order valence-corrected chi connectivity index (χ2v) is 6.12. The summed E-state index contributed by atoms with van der Waals surface area (Å²) in [6.45, 7) is 3.37. The number of rotatable bonds is 4. The number of nitrogens with one attached hydrogen (secondary N) is 1. The molecule has 1 saturated heterocycles. The molecule has 132 valence electrons. The summed E-state index contributed by atoms with van der Waals surface area (Å²) in [6, 6.07) is 8.47. The van der Waals surface area contributed by atoms with Crippen molar-refractivity contribution in [3.05, 3.63) is 59.4 Å². The summed E-state index contributed by atoms with van der Waals surface area (Å²) >= 11 is 0. The van der Waals surface area contributed by atoms with E-state index in [9.17, 15) is 13.2 Å². The summed E-state index contributed by atoms with van der Waals surface area (Å²) in [4.78, 5) is 2.04. The number of hydrogen-bond donors (Lipinski definition) is 1. The molecular formula is C19H20F3N3. The Morgan fingerprint density at radius 1 is 0.960 bits per heavy atom. The number of halogens is 3. The van der Waals surface area contributed by atoms with E-state index in [1.807, 2.05) is 4.90 Å². The Bertz CT molecular complexity index is 763. The Morgan fingerprint density at radius 2 is 1.64 bits per heavy atom.